The number of amides is 1. The molecule has 1 saturated heterocycles. The highest BCUT2D eigenvalue weighted by Gasteiger charge is 2.30. The fourth-order valence-corrected chi connectivity index (χ4v) is 3.22. The van der Waals surface area contributed by atoms with Crippen molar-refractivity contribution in [2.45, 2.75) is 46.1 Å². The Morgan fingerprint density at radius 2 is 2.16 bits per heavy atom. The van der Waals surface area contributed by atoms with Crippen LogP contribution in [0.15, 0.2) is 16.7 Å². The fraction of sp³-hybridized carbons (Fsp3) is 0.667. The fourth-order valence-electron chi connectivity index (χ4n) is 2.87. The van der Waals surface area contributed by atoms with Crippen LogP contribution in [0.4, 0.5) is 0 Å². The lowest BCUT2D eigenvalue weighted by Gasteiger charge is -2.32. The molecule has 106 valence electrons. The molecule has 0 bridgehead atoms. The van der Waals surface area contributed by atoms with E-state index in [1.54, 1.807) is 0 Å². The van der Waals surface area contributed by atoms with E-state index in [2.05, 4.69) is 46.6 Å². The first kappa shape index (κ1) is 14.6. The summed E-state index contributed by atoms with van der Waals surface area (Å²) in [5, 5.41) is 0. The lowest BCUT2D eigenvalue weighted by molar-refractivity contribution is 0.0626. The topological polar surface area (TPSA) is 36.1 Å². The number of carbonyl (C=O) groups excluding carboxylic acids is 1. The van der Waals surface area contributed by atoms with E-state index in [9.17, 15) is 4.79 Å². The number of aromatic amines is 1. The molecule has 1 aromatic heterocycles. The summed E-state index contributed by atoms with van der Waals surface area (Å²) >= 11 is 3.39. The molecule has 0 radical (unpaired) electrons. The van der Waals surface area contributed by atoms with E-state index in [0.29, 0.717) is 17.7 Å². The average Bonchev–Trinajstić information content (AvgIpc) is 2.68. The van der Waals surface area contributed by atoms with Crippen LogP contribution < -0.4 is 0 Å². The third-order valence-corrected chi connectivity index (χ3v) is 4.58. The van der Waals surface area contributed by atoms with Gasteiger partial charge in [0.1, 0.15) is 5.69 Å². The van der Waals surface area contributed by atoms with Crippen LogP contribution in [-0.4, -0.2) is 28.4 Å². The highest BCUT2D eigenvalue weighted by Crippen LogP contribution is 2.27. The van der Waals surface area contributed by atoms with Gasteiger partial charge in [0.05, 0.1) is 0 Å². The average molecular weight is 327 g/mol. The van der Waals surface area contributed by atoms with Gasteiger partial charge in [-0.3, -0.25) is 4.79 Å². The van der Waals surface area contributed by atoms with Gasteiger partial charge in [-0.05, 0) is 53.1 Å². The van der Waals surface area contributed by atoms with Crippen molar-refractivity contribution in [3.63, 3.8) is 0 Å². The number of nitrogens with one attached hydrogen (secondary N) is 1. The third-order valence-electron chi connectivity index (χ3n) is 4.13. The second-order valence-electron chi connectivity index (χ2n) is 6.01. The van der Waals surface area contributed by atoms with E-state index < -0.39 is 0 Å². The van der Waals surface area contributed by atoms with Crippen LogP contribution in [0.5, 0.6) is 0 Å². The van der Waals surface area contributed by atoms with Crippen molar-refractivity contribution in [3.8, 4) is 0 Å². The van der Waals surface area contributed by atoms with Gasteiger partial charge >= 0.3 is 0 Å². The summed E-state index contributed by atoms with van der Waals surface area (Å²) in [6.07, 6.45) is 5.27. The normalized spacial score (nSPS) is 24.6. The molecule has 4 heteroatoms. The van der Waals surface area contributed by atoms with Crippen LogP contribution in [-0.2, 0) is 0 Å². The van der Waals surface area contributed by atoms with Gasteiger partial charge in [0, 0.05) is 23.3 Å². The zero-order valence-electron chi connectivity index (χ0n) is 11.9. The minimum absolute atomic E-state index is 0.138. The molecule has 2 rings (SSSR count). The monoisotopic (exact) mass is 326 g/mol. The molecule has 0 aromatic carbocycles. The Hall–Kier alpha value is -0.770. The van der Waals surface area contributed by atoms with Crippen molar-refractivity contribution >= 4 is 21.8 Å². The molecule has 2 heterocycles. The number of carbonyl (C=O) groups is 1. The Labute approximate surface area is 123 Å². The Morgan fingerprint density at radius 1 is 1.42 bits per heavy atom. The van der Waals surface area contributed by atoms with Crippen molar-refractivity contribution in [3.05, 3.63) is 22.4 Å². The van der Waals surface area contributed by atoms with Gasteiger partial charge in [-0.1, -0.05) is 20.8 Å². The van der Waals surface area contributed by atoms with E-state index in [-0.39, 0.29) is 5.91 Å². The molecule has 1 fully saturated rings. The van der Waals surface area contributed by atoms with Gasteiger partial charge in [-0.25, -0.2) is 0 Å². The molecule has 0 spiro atoms. The first-order valence-electron chi connectivity index (χ1n) is 7.14. The highest BCUT2D eigenvalue weighted by atomic mass is 79.9. The molecule has 1 aliphatic heterocycles. The minimum atomic E-state index is 0.138. The predicted molar refractivity (Wildman–Crippen MR) is 81.2 cm³/mol. The number of hydrogen-bond donors (Lipinski definition) is 1. The van der Waals surface area contributed by atoms with Gasteiger partial charge in [-0.15, -0.1) is 0 Å². The SMILES string of the molecule is CC1CCC(C(C)C)N(C(=O)c2cc(Br)c[nH]2)CC1. The van der Waals surface area contributed by atoms with Crippen molar-refractivity contribution in [1.29, 1.82) is 0 Å². The van der Waals surface area contributed by atoms with Crippen molar-refractivity contribution in [1.82, 2.24) is 9.88 Å². The van der Waals surface area contributed by atoms with Gasteiger partial charge in [0.15, 0.2) is 0 Å². The molecule has 19 heavy (non-hydrogen) atoms. The molecule has 1 amide bonds. The van der Waals surface area contributed by atoms with E-state index in [1.165, 1.54) is 6.42 Å². The number of H-pyrrole nitrogens is 1. The summed E-state index contributed by atoms with van der Waals surface area (Å²) in [4.78, 5) is 17.8. The first-order valence-corrected chi connectivity index (χ1v) is 7.93. The lowest BCUT2D eigenvalue weighted by atomic mass is 9.95. The molecular weight excluding hydrogens is 304 g/mol. The van der Waals surface area contributed by atoms with Gasteiger partial charge < -0.3 is 9.88 Å². The predicted octanol–water partition coefficient (Wildman–Crippen LogP) is 4.06. The third kappa shape index (κ3) is 3.41. The summed E-state index contributed by atoms with van der Waals surface area (Å²) in [5.41, 5.74) is 0.687. The lowest BCUT2D eigenvalue weighted by Crippen LogP contribution is -2.43. The van der Waals surface area contributed by atoms with Crippen LogP contribution in [0.25, 0.3) is 0 Å². The molecular formula is C15H23BrN2O. The zero-order valence-corrected chi connectivity index (χ0v) is 13.5. The smallest absolute Gasteiger partial charge is 0.270 e. The van der Waals surface area contributed by atoms with Crippen LogP contribution >= 0.6 is 15.9 Å². The minimum Gasteiger partial charge on any atom is -0.356 e. The molecule has 2 unspecified atom stereocenters. The number of rotatable bonds is 2. The second kappa shape index (κ2) is 6.12. The zero-order chi connectivity index (χ0) is 14.0. The van der Waals surface area contributed by atoms with Crippen LogP contribution in [0, 0.1) is 11.8 Å². The van der Waals surface area contributed by atoms with Crippen LogP contribution in [0.1, 0.15) is 50.5 Å². The first-order chi connectivity index (χ1) is 8.99. The summed E-state index contributed by atoms with van der Waals surface area (Å²) < 4.78 is 0.931. The van der Waals surface area contributed by atoms with E-state index in [0.717, 1.165) is 29.8 Å². The summed E-state index contributed by atoms with van der Waals surface area (Å²) in [7, 11) is 0. The summed E-state index contributed by atoms with van der Waals surface area (Å²) in [6, 6.07) is 2.23. The Kier molecular flexibility index (Phi) is 4.71. The Bertz CT molecular complexity index is 441. The van der Waals surface area contributed by atoms with Crippen molar-refractivity contribution < 1.29 is 4.79 Å². The standard InChI is InChI=1S/C15H23BrN2O/c1-10(2)14-5-4-11(3)6-7-18(14)15(19)13-8-12(16)9-17-13/h8-11,14,17H,4-7H2,1-3H3. The molecule has 2 atom stereocenters. The Morgan fingerprint density at radius 3 is 2.74 bits per heavy atom. The van der Waals surface area contributed by atoms with Crippen molar-refractivity contribution in [2.75, 3.05) is 6.54 Å². The largest absolute Gasteiger partial charge is 0.356 e. The van der Waals surface area contributed by atoms with Crippen LogP contribution in [0.2, 0.25) is 0 Å². The molecule has 1 N–H and O–H groups in total. The molecule has 1 aliphatic rings. The number of halogens is 1. The van der Waals surface area contributed by atoms with E-state index in [1.807, 2.05) is 12.3 Å². The number of aromatic nitrogens is 1. The Balaban J connectivity index is 2.20. The number of nitrogens with zero attached hydrogens (tertiary/aromatic N) is 1. The van der Waals surface area contributed by atoms with E-state index in [4.69, 9.17) is 0 Å². The molecule has 1 aromatic rings. The summed E-state index contributed by atoms with van der Waals surface area (Å²) in [6.45, 7) is 7.59. The second-order valence-corrected chi connectivity index (χ2v) is 6.93. The van der Waals surface area contributed by atoms with E-state index >= 15 is 0 Å². The van der Waals surface area contributed by atoms with Crippen molar-refractivity contribution in [2.24, 2.45) is 11.8 Å². The quantitative estimate of drug-likeness (QED) is 0.873. The molecule has 3 nitrogen and oxygen atoms in total. The highest BCUT2D eigenvalue weighted by molar-refractivity contribution is 9.10. The molecule has 0 saturated carbocycles. The van der Waals surface area contributed by atoms with Gasteiger partial charge in [0.2, 0.25) is 0 Å². The summed E-state index contributed by atoms with van der Waals surface area (Å²) in [5.74, 6) is 1.36. The maximum Gasteiger partial charge on any atom is 0.270 e. The maximum atomic E-state index is 12.7. The van der Waals surface area contributed by atoms with Gasteiger partial charge in [0.25, 0.3) is 5.91 Å². The van der Waals surface area contributed by atoms with Crippen LogP contribution in [0.3, 0.4) is 0 Å². The number of likely N-dealkylation sites (tertiary alicyclic amines) is 1. The maximum absolute atomic E-state index is 12.7. The molecule has 0 aliphatic carbocycles. The van der Waals surface area contributed by atoms with Gasteiger partial charge in [-0.2, -0.15) is 0 Å². The number of hydrogen-bond acceptors (Lipinski definition) is 1.